The summed E-state index contributed by atoms with van der Waals surface area (Å²) in [6.45, 7) is 0. The minimum Gasteiger partial charge on any atom is -0.379 e. The van der Waals surface area contributed by atoms with E-state index >= 15 is 0 Å². The zero-order valence-corrected chi connectivity index (χ0v) is 17.3. The van der Waals surface area contributed by atoms with Gasteiger partial charge in [-0.05, 0) is 48.2 Å². The molecule has 0 amide bonds. The third kappa shape index (κ3) is 3.18. The van der Waals surface area contributed by atoms with Crippen molar-refractivity contribution in [3.05, 3.63) is 71.3 Å². The molecule has 3 aromatic heterocycles. The predicted octanol–water partition coefficient (Wildman–Crippen LogP) is 3.72. The second kappa shape index (κ2) is 6.52. The Balaban J connectivity index is 0.00000180. The van der Waals surface area contributed by atoms with Crippen molar-refractivity contribution < 1.29 is 19.5 Å². The zero-order valence-electron chi connectivity index (χ0n) is 14.3. The Morgan fingerprint density at radius 2 is 1.41 bits per heavy atom. The number of nitrogens with zero attached hydrogens (tertiary/aromatic N) is 2. The normalized spacial score (nSPS) is 12.9. The number of aromatic nitrogens is 4. The van der Waals surface area contributed by atoms with E-state index in [4.69, 9.17) is 10.8 Å². The van der Waals surface area contributed by atoms with Gasteiger partial charge in [-0.2, -0.15) is 0 Å². The Morgan fingerprint density at radius 3 is 2.22 bits per heavy atom. The van der Waals surface area contributed by atoms with Crippen molar-refractivity contribution in [1.82, 2.24) is 19.9 Å². The van der Waals surface area contributed by atoms with Crippen molar-refractivity contribution in [3.63, 3.8) is 0 Å². The van der Waals surface area contributed by atoms with Gasteiger partial charge in [-0.3, -0.25) is 4.98 Å². The third-order valence-corrected chi connectivity index (χ3v) is 4.25. The first-order chi connectivity index (χ1) is 12.6. The van der Waals surface area contributed by atoms with Crippen LogP contribution in [0.25, 0.3) is 34.2 Å². The van der Waals surface area contributed by atoms with E-state index in [2.05, 4.69) is 26.0 Å². The van der Waals surface area contributed by atoms with Gasteiger partial charge in [0.2, 0.25) is 0 Å². The maximum atomic E-state index is 8.14. The smallest absolute Gasteiger partial charge is 0.0780 e. The van der Waals surface area contributed by atoms with Gasteiger partial charge in [-0.1, -0.05) is 11.6 Å². The molecule has 4 N–H and O–H groups in total. The monoisotopic (exact) mass is 401 g/mol. The van der Waals surface area contributed by atoms with Crippen molar-refractivity contribution in [1.29, 1.82) is 10.8 Å². The molecule has 2 aliphatic heterocycles. The van der Waals surface area contributed by atoms with E-state index in [1.54, 1.807) is 6.07 Å². The molecule has 6 nitrogen and oxygen atoms in total. The summed E-state index contributed by atoms with van der Waals surface area (Å²) in [5, 5.41) is 16.3. The van der Waals surface area contributed by atoms with Crippen LogP contribution in [0, 0.1) is 16.9 Å². The standard InChI is InChI=1S/C20H13N6.Zn/c21-19-17-9-15-5-3-13(24-15)7-11-1-2-12(23-11)8-14-4-6-16(25-14)10-18(26-17)20(19)22;/h1-9,21-23,25H;/q-1;. The molecule has 2 aliphatic rings. The first kappa shape index (κ1) is 17.2. The minimum atomic E-state index is 0. The summed E-state index contributed by atoms with van der Waals surface area (Å²) in [6, 6.07) is 16.6. The maximum Gasteiger partial charge on any atom is 0.0780 e. The van der Waals surface area contributed by atoms with Gasteiger partial charge in [-0.15, -0.1) is 12.1 Å². The summed E-state index contributed by atoms with van der Waals surface area (Å²) >= 11 is 0. The molecule has 0 atom stereocenters. The molecule has 0 radical (unpaired) electrons. The van der Waals surface area contributed by atoms with Crippen molar-refractivity contribution >= 4 is 45.6 Å². The Hall–Kier alpha value is -3.18. The average molecular weight is 403 g/mol. The van der Waals surface area contributed by atoms with E-state index in [0.29, 0.717) is 22.6 Å². The summed E-state index contributed by atoms with van der Waals surface area (Å²) in [5.74, 6) is 0. The zero-order chi connectivity index (χ0) is 17.7. The fourth-order valence-corrected chi connectivity index (χ4v) is 2.99. The molecule has 0 saturated heterocycles. The van der Waals surface area contributed by atoms with Gasteiger partial charge < -0.3 is 20.8 Å². The van der Waals surface area contributed by atoms with E-state index in [0.717, 1.165) is 22.2 Å². The quantitative estimate of drug-likeness (QED) is 0.266. The van der Waals surface area contributed by atoms with Gasteiger partial charge in [0, 0.05) is 41.7 Å². The molecule has 5 rings (SSSR count). The van der Waals surface area contributed by atoms with E-state index < -0.39 is 0 Å². The van der Waals surface area contributed by atoms with Crippen LogP contribution in [0.2, 0.25) is 0 Å². The summed E-state index contributed by atoms with van der Waals surface area (Å²) in [6.07, 6.45) is 3.79. The molecule has 7 heteroatoms. The molecule has 0 aromatic carbocycles. The topological polar surface area (TPSA) is 105 Å². The van der Waals surface area contributed by atoms with Gasteiger partial charge in [0.25, 0.3) is 0 Å². The molecule has 0 aliphatic carbocycles. The number of hydrogen-bond acceptors (Lipinski definition) is 4. The van der Waals surface area contributed by atoms with E-state index in [1.165, 1.54) is 0 Å². The predicted molar refractivity (Wildman–Crippen MR) is 102 cm³/mol. The second-order valence-corrected chi connectivity index (χ2v) is 6.14. The summed E-state index contributed by atoms with van der Waals surface area (Å²) in [4.78, 5) is 15.5. The molecule has 0 saturated carbocycles. The van der Waals surface area contributed by atoms with Gasteiger partial charge in [0.1, 0.15) is 0 Å². The fraction of sp³-hybridized carbons (Fsp3) is 0. The molecule has 0 fully saturated rings. The molecule has 0 unspecified atom stereocenters. The van der Waals surface area contributed by atoms with Crippen LogP contribution in [0.1, 0.15) is 22.8 Å². The minimum absolute atomic E-state index is 0. The second-order valence-electron chi connectivity index (χ2n) is 6.14. The molecule has 5 heterocycles. The summed E-state index contributed by atoms with van der Waals surface area (Å²) in [7, 11) is 0. The van der Waals surface area contributed by atoms with Gasteiger partial charge in [0.15, 0.2) is 0 Å². The average Bonchev–Trinajstić information content (AvgIpc) is 3.38. The number of fused-ring (bicyclic) bond motifs is 8. The van der Waals surface area contributed by atoms with Crippen molar-refractivity contribution in [3.8, 4) is 0 Å². The molecular weight excluding hydrogens is 390 g/mol. The number of H-pyrrole nitrogens is 2. The number of rotatable bonds is 0. The molecule has 27 heavy (non-hydrogen) atoms. The third-order valence-electron chi connectivity index (χ3n) is 4.25. The summed E-state index contributed by atoms with van der Waals surface area (Å²) in [5.41, 5.74) is 6.01. The van der Waals surface area contributed by atoms with Crippen molar-refractivity contribution in [2.45, 2.75) is 0 Å². The van der Waals surface area contributed by atoms with Crippen LogP contribution in [-0.4, -0.2) is 31.4 Å². The van der Waals surface area contributed by atoms with Crippen LogP contribution in [0.15, 0.2) is 42.5 Å². The SMILES string of the molecule is N=C1C(=N)c2cc3nc(cc4ccc(cc5ccc([c-]c1n2)[nH]5)[nH]4)C=C3.[Zn]. The van der Waals surface area contributed by atoms with Crippen molar-refractivity contribution in [2.24, 2.45) is 0 Å². The maximum absolute atomic E-state index is 8.14. The molecule has 3 aromatic rings. The number of aromatic amines is 2. The molecule has 0 spiro atoms. The fourth-order valence-electron chi connectivity index (χ4n) is 2.99. The van der Waals surface area contributed by atoms with Crippen LogP contribution in [0.3, 0.4) is 0 Å². The first-order valence-electron chi connectivity index (χ1n) is 8.11. The van der Waals surface area contributed by atoms with Gasteiger partial charge >= 0.3 is 0 Å². The molecular formula is C20H13N6Zn-. The van der Waals surface area contributed by atoms with Crippen LogP contribution < -0.4 is 0 Å². The number of nitrogens with one attached hydrogen (secondary N) is 4. The Labute approximate surface area is 167 Å². The Morgan fingerprint density at radius 1 is 0.741 bits per heavy atom. The van der Waals surface area contributed by atoms with E-state index in [9.17, 15) is 0 Å². The van der Waals surface area contributed by atoms with Crippen LogP contribution >= 0.6 is 0 Å². The largest absolute Gasteiger partial charge is 0.379 e. The van der Waals surface area contributed by atoms with E-state index in [1.807, 2.05) is 48.6 Å². The van der Waals surface area contributed by atoms with Crippen LogP contribution in [0.4, 0.5) is 0 Å². The van der Waals surface area contributed by atoms with Gasteiger partial charge in [0.05, 0.1) is 22.8 Å². The van der Waals surface area contributed by atoms with Crippen LogP contribution in [-0.2, 0) is 19.5 Å². The Kier molecular flexibility index (Phi) is 4.17. The number of hydrogen-bond donors (Lipinski definition) is 4. The first-order valence-corrected chi connectivity index (χ1v) is 8.11. The molecule has 126 valence electrons. The Bertz CT molecular complexity index is 1280. The van der Waals surface area contributed by atoms with Gasteiger partial charge in [-0.25, -0.2) is 4.98 Å². The van der Waals surface area contributed by atoms with E-state index in [-0.39, 0.29) is 30.9 Å². The molecule has 8 bridgehead atoms. The summed E-state index contributed by atoms with van der Waals surface area (Å²) < 4.78 is 0. The van der Waals surface area contributed by atoms with Crippen LogP contribution in [0.5, 0.6) is 0 Å². The van der Waals surface area contributed by atoms with Crippen molar-refractivity contribution in [2.75, 3.05) is 0 Å².